The molecule has 0 aromatic heterocycles. The van der Waals surface area contributed by atoms with E-state index in [-0.39, 0.29) is 0 Å². The van der Waals surface area contributed by atoms with Crippen molar-refractivity contribution in [3.05, 3.63) is 23.2 Å². The van der Waals surface area contributed by atoms with Crippen molar-refractivity contribution in [2.45, 2.75) is 6.92 Å². The highest BCUT2D eigenvalue weighted by atomic mass is 35.5. The van der Waals surface area contributed by atoms with E-state index >= 15 is 0 Å². The summed E-state index contributed by atoms with van der Waals surface area (Å²) in [5.74, 6) is 0. The molecule has 0 atom stereocenters. The maximum absolute atomic E-state index is 10.5. The Kier molecular flexibility index (Phi) is 4.37. The van der Waals surface area contributed by atoms with Crippen molar-refractivity contribution >= 4 is 29.1 Å². The Morgan fingerprint density at radius 2 is 2.06 bits per heavy atom. The van der Waals surface area contributed by atoms with Crippen molar-refractivity contribution in [1.29, 1.82) is 0 Å². The molecule has 0 spiro atoms. The van der Waals surface area contributed by atoms with Crippen LogP contribution in [0.1, 0.15) is 6.92 Å². The molecule has 2 rings (SSSR count). The minimum absolute atomic E-state index is 0.599. The zero-order valence-electron chi connectivity index (χ0n) is 10.4. The lowest BCUT2D eigenvalue weighted by atomic mass is 10.2. The molecule has 1 saturated heterocycles. The minimum Gasteiger partial charge on any atom is -0.366 e. The van der Waals surface area contributed by atoms with Gasteiger partial charge in [-0.2, -0.15) is 4.99 Å². The molecule has 0 radical (unpaired) electrons. The van der Waals surface area contributed by atoms with Crippen LogP contribution in [-0.2, 0) is 4.79 Å². The number of nitrogens with zero attached hydrogens (tertiary/aromatic N) is 3. The molecule has 96 valence electrons. The van der Waals surface area contributed by atoms with Crippen LogP contribution < -0.4 is 4.90 Å². The van der Waals surface area contributed by atoms with E-state index in [1.54, 1.807) is 18.2 Å². The molecule has 1 aromatic carbocycles. The van der Waals surface area contributed by atoms with E-state index in [1.165, 1.54) is 0 Å². The van der Waals surface area contributed by atoms with Crippen LogP contribution in [-0.4, -0.2) is 43.7 Å². The molecule has 0 saturated carbocycles. The van der Waals surface area contributed by atoms with E-state index in [9.17, 15) is 4.79 Å². The van der Waals surface area contributed by atoms with Crippen molar-refractivity contribution in [3.8, 4) is 0 Å². The number of hydrogen-bond acceptors (Lipinski definition) is 4. The summed E-state index contributed by atoms with van der Waals surface area (Å²) in [5.41, 5.74) is 1.45. The molecule has 1 aliphatic heterocycles. The third-order valence-electron chi connectivity index (χ3n) is 3.27. The summed E-state index contributed by atoms with van der Waals surface area (Å²) >= 11 is 6.22. The lowest BCUT2D eigenvalue weighted by Gasteiger charge is -2.36. The minimum atomic E-state index is 0.599. The molecular weight excluding hydrogens is 250 g/mol. The van der Waals surface area contributed by atoms with Crippen LogP contribution in [0.3, 0.4) is 0 Å². The first kappa shape index (κ1) is 13.1. The number of rotatable bonds is 3. The normalized spacial score (nSPS) is 16.4. The highest BCUT2D eigenvalue weighted by molar-refractivity contribution is 6.34. The summed E-state index contributed by atoms with van der Waals surface area (Å²) in [6, 6.07) is 5.41. The molecule has 0 aliphatic carbocycles. The zero-order valence-corrected chi connectivity index (χ0v) is 11.2. The summed E-state index contributed by atoms with van der Waals surface area (Å²) in [6.45, 7) is 7.04. The smallest absolute Gasteiger partial charge is 0.240 e. The molecule has 1 aromatic rings. The number of anilines is 1. The lowest BCUT2D eigenvalue weighted by molar-refractivity contribution is 0.271. The fourth-order valence-corrected chi connectivity index (χ4v) is 2.53. The summed E-state index contributed by atoms with van der Waals surface area (Å²) in [7, 11) is 0. The predicted molar refractivity (Wildman–Crippen MR) is 73.6 cm³/mol. The van der Waals surface area contributed by atoms with Crippen molar-refractivity contribution in [2.24, 2.45) is 4.99 Å². The number of para-hydroxylation sites is 1. The molecule has 0 N–H and O–H groups in total. The van der Waals surface area contributed by atoms with E-state index in [0.717, 1.165) is 38.4 Å². The maximum Gasteiger partial charge on any atom is 0.240 e. The van der Waals surface area contributed by atoms with E-state index in [0.29, 0.717) is 10.7 Å². The van der Waals surface area contributed by atoms with Gasteiger partial charge in [0.1, 0.15) is 5.69 Å². The summed E-state index contributed by atoms with van der Waals surface area (Å²) in [6.07, 6.45) is 1.59. The number of likely N-dealkylation sites (N-methyl/N-ethyl adjacent to an activating group) is 1. The van der Waals surface area contributed by atoms with Crippen molar-refractivity contribution in [2.75, 3.05) is 37.6 Å². The van der Waals surface area contributed by atoms with E-state index in [4.69, 9.17) is 11.6 Å². The van der Waals surface area contributed by atoms with Gasteiger partial charge in [0.15, 0.2) is 0 Å². The monoisotopic (exact) mass is 265 g/mol. The van der Waals surface area contributed by atoms with Crippen molar-refractivity contribution in [3.63, 3.8) is 0 Å². The van der Waals surface area contributed by atoms with Gasteiger partial charge in [-0.25, -0.2) is 4.79 Å². The molecule has 1 heterocycles. The van der Waals surface area contributed by atoms with Crippen LogP contribution in [0.4, 0.5) is 11.4 Å². The molecule has 1 fully saturated rings. The lowest BCUT2D eigenvalue weighted by Crippen LogP contribution is -2.46. The highest BCUT2D eigenvalue weighted by Gasteiger charge is 2.20. The highest BCUT2D eigenvalue weighted by Crippen LogP contribution is 2.36. The fourth-order valence-electron chi connectivity index (χ4n) is 2.24. The zero-order chi connectivity index (χ0) is 13.0. The first-order valence-corrected chi connectivity index (χ1v) is 6.47. The fraction of sp³-hybridized carbons (Fsp3) is 0.462. The molecule has 0 amide bonds. The molecular formula is C13H16ClN3O. The van der Waals surface area contributed by atoms with Gasteiger partial charge in [0.05, 0.1) is 10.7 Å². The van der Waals surface area contributed by atoms with Gasteiger partial charge < -0.3 is 9.80 Å². The SMILES string of the molecule is CCN1CCN(c2c(Cl)cccc2N=C=O)CC1. The predicted octanol–water partition coefficient (Wildman–Crippen LogP) is 2.45. The van der Waals surface area contributed by atoms with Crippen molar-refractivity contribution in [1.82, 2.24) is 4.90 Å². The molecule has 18 heavy (non-hydrogen) atoms. The first-order valence-electron chi connectivity index (χ1n) is 6.10. The second-order valence-corrected chi connectivity index (χ2v) is 4.64. The number of hydrogen-bond donors (Lipinski definition) is 0. The third-order valence-corrected chi connectivity index (χ3v) is 3.57. The van der Waals surface area contributed by atoms with Gasteiger partial charge in [-0.05, 0) is 18.7 Å². The molecule has 0 bridgehead atoms. The number of carbonyl (C=O) groups excluding carboxylic acids is 1. The number of isocyanates is 1. The van der Waals surface area contributed by atoms with Crippen molar-refractivity contribution < 1.29 is 4.79 Å². The summed E-state index contributed by atoms with van der Waals surface area (Å²) in [5, 5.41) is 0.636. The van der Waals surface area contributed by atoms with Gasteiger partial charge in [0.2, 0.25) is 6.08 Å². The molecule has 0 unspecified atom stereocenters. The van der Waals surface area contributed by atoms with Crippen LogP contribution >= 0.6 is 11.6 Å². The second kappa shape index (κ2) is 6.01. The number of piperazine rings is 1. The largest absolute Gasteiger partial charge is 0.366 e. The van der Waals surface area contributed by atoms with E-state index < -0.39 is 0 Å². The Labute approximate surface area is 112 Å². The van der Waals surface area contributed by atoms with Gasteiger partial charge in [-0.3, -0.25) is 0 Å². The number of halogens is 1. The number of aliphatic imine (C=N–C) groups is 1. The first-order chi connectivity index (χ1) is 8.76. The summed E-state index contributed by atoms with van der Waals surface area (Å²) < 4.78 is 0. The van der Waals surface area contributed by atoms with E-state index in [1.807, 2.05) is 6.07 Å². The Hall–Kier alpha value is -1.35. The Morgan fingerprint density at radius 3 is 2.67 bits per heavy atom. The van der Waals surface area contributed by atoms with Gasteiger partial charge >= 0.3 is 0 Å². The van der Waals surface area contributed by atoms with Crippen LogP contribution in [0.15, 0.2) is 23.2 Å². The molecule has 4 nitrogen and oxygen atoms in total. The molecule has 1 aliphatic rings. The Morgan fingerprint density at radius 1 is 1.33 bits per heavy atom. The second-order valence-electron chi connectivity index (χ2n) is 4.23. The van der Waals surface area contributed by atoms with Gasteiger partial charge in [-0.1, -0.05) is 24.6 Å². The summed E-state index contributed by atoms with van der Waals surface area (Å²) in [4.78, 5) is 18.8. The quantitative estimate of drug-likeness (QED) is 0.622. The third kappa shape index (κ3) is 2.72. The average molecular weight is 266 g/mol. The van der Waals surface area contributed by atoms with Gasteiger partial charge in [0, 0.05) is 26.2 Å². The van der Waals surface area contributed by atoms with Crippen LogP contribution in [0, 0.1) is 0 Å². The Balaban J connectivity index is 2.25. The van der Waals surface area contributed by atoms with E-state index in [2.05, 4.69) is 21.7 Å². The number of benzene rings is 1. The average Bonchev–Trinajstić information content (AvgIpc) is 2.40. The standard InChI is InChI=1S/C13H16ClN3O/c1-2-16-6-8-17(9-7-16)13-11(14)4-3-5-12(13)15-10-18/h3-5H,2,6-9H2,1H3. The Bertz CT molecular complexity index is 463. The van der Waals surface area contributed by atoms with Crippen LogP contribution in [0.5, 0.6) is 0 Å². The molecule has 5 heteroatoms. The van der Waals surface area contributed by atoms with Gasteiger partial charge in [0.25, 0.3) is 0 Å². The van der Waals surface area contributed by atoms with Gasteiger partial charge in [-0.15, -0.1) is 0 Å². The van der Waals surface area contributed by atoms with Crippen LogP contribution in [0.25, 0.3) is 0 Å². The topological polar surface area (TPSA) is 35.9 Å². The maximum atomic E-state index is 10.5. The van der Waals surface area contributed by atoms with Crippen LogP contribution in [0.2, 0.25) is 5.02 Å².